The highest BCUT2D eigenvalue weighted by molar-refractivity contribution is 5.67. The van der Waals surface area contributed by atoms with E-state index in [2.05, 4.69) is 0 Å². The van der Waals surface area contributed by atoms with Crippen LogP contribution in [0.5, 0.6) is 0 Å². The molecule has 1 aliphatic rings. The lowest BCUT2D eigenvalue weighted by Crippen LogP contribution is -2.28. The maximum absolute atomic E-state index is 11.8. The summed E-state index contributed by atoms with van der Waals surface area (Å²) in [4.78, 5) is 22.7. The third-order valence-electron chi connectivity index (χ3n) is 3.73. The van der Waals surface area contributed by atoms with Crippen LogP contribution in [0.15, 0.2) is 23.1 Å². The fraction of sp³-hybridized carbons (Fsp3) is 0.600. The molecule has 2 rings (SSSR count). The molecule has 0 radical (unpaired) electrons. The molecule has 0 atom stereocenters. The quantitative estimate of drug-likeness (QED) is 0.841. The molecule has 0 spiro atoms. The van der Waals surface area contributed by atoms with Crippen molar-refractivity contribution in [1.29, 1.82) is 0 Å². The Hall–Kier alpha value is -1.62. The van der Waals surface area contributed by atoms with Gasteiger partial charge in [0.05, 0.1) is 6.10 Å². The molecular formula is C15H21NO4. The maximum atomic E-state index is 11.8. The first-order valence-corrected chi connectivity index (χ1v) is 7.24. The maximum Gasteiger partial charge on any atom is 0.418 e. The summed E-state index contributed by atoms with van der Waals surface area (Å²) in [5.41, 5.74) is 0.0832. The Morgan fingerprint density at radius 2 is 2.10 bits per heavy atom. The van der Waals surface area contributed by atoms with E-state index in [1.807, 2.05) is 0 Å². The highest BCUT2D eigenvalue weighted by Gasteiger charge is 2.13. The van der Waals surface area contributed by atoms with Crippen LogP contribution >= 0.6 is 0 Å². The molecule has 0 aromatic carbocycles. The van der Waals surface area contributed by atoms with Crippen molar-refractivity contribution >= 4 is 6.09 Å². The molecule has 1 fully saturated rings. The van der Waals surface area contributed by atoms with E-state index < -0.39 is 11.7 Å². The second-order valence-corrected chi connectivity index (χ2v) is 5.23. The van der Waals surface area contributed by atoms with E-state index in [1.165, 1.54) is 25.5 Å². The number of pyridine rings is 1. The molecule has 1 aromatic heterocycles. The molecule has 0 saturated heterocycles. The molecule has 1 N–H and O–H groups in total. The van der Waals surface area contributed by atoms with Crippen LogP contribution < -0.4 is 5.56 Å². The summed E-state index contributed by atoms with van der Waals surface area (Å²) >= 11 is 0. The van der Waals surface area contributed by atoms with E-state index in [-0.39, 0.29) is 0 Å². The number of nitrogens with zero attached hydrogens (tertiary/aromatic N) is 1. The Labute approximate surface area is 118 Å². The lowest BCUT2D eigenvalue weighted by molar-refractivity contribution is 0.0273. The minimum Gasteiger partial charge on any atom is -0.464 e. The average Bonchev–Trinajstić information content (AvgIpc) is 2.46. The van der Waals surface area contributed by atoms with Crippen molar-refractivity contribution in [3.8, 4) is 0 Å². The fourth-order valence-corrected chi connectivity index (χ4v) is 2.62. The molecule has 110 valence electrons. The Balaban J connectivity index is 1.80. The third-order valence-corrected chi connectivity index (χ3v) is 3.73. The van der Waals surface area contributed by atoms with Crippen LogP contribution in [-0.4, -0.2) is 28.5 Å². The molecule has 1 heterocycles. The smallest absolute Gasteiger partial charge is 0.418 e. The largest absolute Gasteiger partial charge is 0.464 e. The van der Waals surface area contributed by atoms with Gasteiger partial charge in [-0.25, -0.2) is 9.36 Å². The van der Waals surface area contributed by atoms with Crippen LogP contribution in [-0.2, 0) is 11.2 Å². The molecular weight excluding hydrogens is 258 g/mol. The minimum atomic E-state index is -1.24. The first-order valence-electron chi connectivity index (χ1n) is 7.24. The molecule has 1 saturated carbocycles. The molecule has 0 amide bonds. The van der Waals surface area contributed by atoms with Crippen LogP contribution in [0.25, 0.3) is 0 Å². The standard InChI is InChI=1S/C15H21NO4/c17-14-12(6-4-10-16(14)15(18)19)7-5-11-20-13-8-2-1-3-9-13/h4,6,10,13H,1-3,5,7-9,11H2,(H,18,19). The van der Waals surface area contributed by atoms with Gasteiger partial charge < -0.3 is 9.84 Å². The number of carboxylic acid groups (broad SMARTS) is 1. The predicted octanol–water partition coefficient (Wildman–Crippen LogP) is 2.66. The van der Waals surface area contributed by atoms with Crippen LogP contribution in [0, 0.1) is 0 Å². The Bertz CT molecular complexity index is 503. The number of hydrogen-bond acceptors (Lipinski definition) is 3. The number of hydrogen-bond donors (Lipinski definition) is 1. The summed E-state index contributed by atoms with van der Waals surface area (Å²) in [6, 6.07) is 3.27. The van der Waals surface area contributed by atoms with Gasteiger partial charge in [-0.05, 0) is 31.7 Å². The van der Waals surface area contributed by atoms with Gasteiger partial charge in [0.2, 0.25) is 0 Å². The summed E-state index contributed by atoms with van der Waals surface area (Å²) < 4.78 is 6.52. The monoisotopic (exact) mass is 279 g/mol. The van der Waals surface area contributed by atoms with Crippen LogP contribution in [0.4, 0.5) is 4.79 Å². The predicted molar refractivity (Wildman–Crippen MR) is 75.3 cm³/mol. The minimum absolute atomic E-state index is 0.371. The molecule has 20 heavy (non-hydrogen) atoms. The van der Waals surface area contributed by atoms with Crippen molar-refractivity contribution in [3.05, 3.63) is 34.2 Å². The average molecular weight is 279 g/mol. The van der Waals surface area contributed by atoms with Crippen molar-refractivity contribution < 1.29 is 14.6 Å². The Morgan fingerprint density at radius 1 is 1.35 bits per heavy atom. The van der Waals surface area contributed by atoms with Gasteiger partial charge >= 0.3 is 6.09 Å². The van der Waals surface area contributed by atoms with Gasteiger partial charge in [0.15, 0.2) is 0 Å². The number of carbonyl (C=O) groups is 1. The fourth-order valence-electron chi connectivity index (χ4n) is 2.62. The highest BCUT2D eigenvalue weighted by Crippen LogP contribution is 2.20. The molecule has 1 aromatic rings. The normalized spacial score (nSPS) is 16.2. The first kappa shape index (κ1) is 14.8. The molecule has 1 aliphatic carbocycles. The number of aromatic nitrogens is 1. The van der Waals surface area contributed by atoms with Gasteiger partial charge in [0.25, 0.3) is 5.56 Å². The zero-order valence-corrected chi connectivity index (χ0v) is 11.6. The van der Waals surface area contributed by atoms with E-state index in [0.717, 1.165) is 23.8 Å². The molecule has 5 nitrogen and oxygen atoms in total. The summed E-state index contributed by atoms with van der Waals surface area (Å²) in [5, 5.41) is 8.87. The van der Waals surface area contributed by atoms with Gasteiger partial charge in [0.1, 0.15) is 0 Å². The van der Waals surface area contributed by atoms with Gasteiger partial charge in [-0.15, -0.1) is 0 Å². The zero-order chi connectivity index (χ0) is 14.4. The van der Waals surface area contributed by atoms with Gasteiger partial charge in [-0.2, -0.15) is 0 Å². The second kappa shape index (κ2) is 7.24. The summed E-state index contributed by atoms with van der Waals surface area (Å²) in [7, 11) is 0. The van der Waals surface area contributed by atoms with Gasteiger partial charge in [0, 0.05) is 18.4 Å². The van der Waals surface area contributed by atoms with E-state index in [0.29, 0.717) is 24.7 Å². The first-order chi connectivity index (χ1) is 9.68. The lowest BCUT2D eigenvalue weighted by atomic mass is 9.98. The number of ether oxygens (including phenoxy) is 1. The summed E-state index contributed by atoms with van der Waals surface area (Å²) in [5.74, 6) is 0. The molecule has 0 bridgehead atoms. The molecule has 0 aliphatic heterocycles. The third kappa shape index (κ3) is 3.93. The number of rotatable bonds is 5. The van der Waals surface area contributed by atoms with Crippen molar-refractivity contribution in [2.45, 2.75) is 51.0 Å². The van der Waals surface area contributed by atoms with E-state index >= 15 is 0 Å². The van der Waals surface area contributed by atoms with Crippen molar-refractivity contribution in [2.75, 3.05) is 6.61 Å². The van der Waals surface area contributed by atoms with Crippen molar-refractivity contribution in [3.63, 3.8) is 0 Å². The highest BCUT2D eigenvalue weighted by atomic mass is 16.5. The van der Waals surface area contributed by atoms with Crippen LogP contribution in [0.3, 0.4) is 0 Å². The van der Waals surface area contributed by atoms with Crippen molar-refractivity contribution in [1.82, 2.24) is 4.57 Å². The SMILES string of the molecule is O=C(O)n1cccc(CCCOC2CCCCC2)c1=O. The summed E-state index contributed by atoms with van der Waals surface area (Å²) in [6.45, 7) is 0.631. The van der Waals surface area contributed by atoms with Gasteiger partial charge in [-0.3, -0.25) is 4.79 Å². The summed E-state index contributed by atoms with van der Waals surface area (Å²) in [6.07, 6.45) is 7.76. The Kier molecular flexibility index (Phi) is 5.35. The topological polar surface area (TPSA) is 68.5 Å². The second-order valence-electron chi connectivity index (χ2n) is 5.23. The molecule has 0 unspecified atom stereocenters. The van der Waals surface area contributed by atoms with E-state index in [9.17, 15) is 9.59 Å². The molecule has 5 heteroatoms. The Morgan fingerprint density at radius 3 is 2.80 bits per heavy atom. The van der Waals surface area contributed by atoms with Crippen LogP contribution in [0.2, 0.25) is 0 Å². The van der Waals surface area contributed by atoms with E-state index in [4.69, 9.17) is 9.84 Å². The van der Waals surface area contributed by atoms with E-state index in [1.54, 1.807) is 12.1 Å². The lowest BCUT2D eigenvalue weighted by Gasteiger charge is -2.21. The van der Waals surface area contributed by atoms with Gasteiger partial charge in [-0.1, -0.05) is 25.3 Å². The number of aryl methyl sites for hydroxylation is 1. The van der Waals surface area contributed by atoms with Crippen LogP contribution in [0.1, 0.15) is 44.1 Å². The van der Waals surface area contributed by atoms with Crippen molar-refractivity contribution in [2.24, 2.45) is 0 Å². The zero-order valence-electron chi connectivity index (χ0n) is 11.6.